The molecule has 2 amide bonds. The molecular formula is C19H18N4O2S. The largest absolute Gasteiger partial charge is 0.326 e. The summed E-state index contributed by atoms with van der Waals surface area (Å²) in [6, 6.07) is 10.8. The highest BCUT2D eigenvalue weighted by atomic mass is 32.1. The molecule has 132 valence electrons. The second kappa shape index (κ2) is 8.35. The van der Waals surface area contributed by atoms with Gasteiger partial charge in [0, 0.05) is 54.5 Å². The summed E-state index contributed by atoms with van der Waals surface area (Å²) in [7, 11) is 0. The van der Waals surface area contributed by atoms with Gasteiger partial charge in [-0.15, -0.1) is 11.3 Å². The number of benzene rings is 1. The molecule has 0 aliphatic rings. The second-order valence-electron chi connectivity index (χ2n) is 5.67. The summed E-state index contributed by atoms with van der Waals surface area (Å²) in [6.45, 7) is 1.45. The highest BCUT2D eigenvalue weighted by molar-refractivity contribution is 7.09. The Balaban J connectivity index is 1.51. The van der Waals surface area contributed by atoms with Gasteiger partial charge in [-0.2, -0.15) is 0 Å². The molecule has 0 aliphatic heterocycles. The molecule has 0 spiro atoms. The van der Waals surface area contributed by atoms with Crippen LogP contribution in [0, 0.1) is 0 Å². The number of aromatic nitrogens is 2. The molecule has 0 radical (unpaired) electrons. The maximum Gasteiger partial charge on any atom is 0.224 e. The lowest BCUT2D eigenvalue weighted by atomic mass is 10.2. The van der Waals surface area contributed by atoms with Crippen molar-refractivity contribution in [1.82, 2.24) is 9.97 Å². The van der Waals surface area contributed by atoms with Gasteiger partial charge >= 0.3 is 0 Å². The van der Waals surface area contributed by atoms with E-state index in [-0.39, 0.29) is 11.8 Å². The first-order chi connectivity index (χ1) is 12.6. The van der Waals surface area contributed by atoms with Gasteiger partial charge in [-0.1, -0.05) is 0 Å². The molecule has 0 unspecified atom stereocenters. The zero-order valence-corrected chi connectivity index (χ0v) is 15.0. The number of anilines is 2. The fourth-order valence-electron chi connectivity index (χ4n) is 2.37. The molecule has 0 bridgehead atoms. The van der Waals surface area contributed by atoms with Crippen LogP contribution in [-0.4, -0.2) is 21.8 Å². The first-order valence-corrected chi connectivity index (χ1v) is 9.00. The van der Waals surface area contributed by atoms with E-state index in [2.05, 4.69) is 20.6 Å². The molecule has 0 atom stereocenters. The number of rotatable bonds is 6. The van der Waals surface area contributed by atoms with Gasteiger partial charge in [0.2, 0.25) is 11.8 Å². The summed E-state index contributed by atoms with van der Waals surface area (Å²) in [4.78, 5) is 31.7. The summed E-state index contributed by atoms with van der Waals surface area (Å²) in [5.74, 6) is -0.200. The molecule has 2 heterocycles. The number of nitrogens with one attached hydrogen (secondary N) is 2. The second-order valence-corrected chi connectivity index (χ2v) is 6.61. The van der Waals surface area contributed by atoms with Crippen molar-refractivity contribution in [2.45, 2.75) is 19.8 Å². The van der Waals surface area contributed by atoms with Crippen LogP contribution in [0.3, 0.4) is 0 Å². The van der Waals surface area contributed by atoms with Crippen LogP contribution in [0.25, 0.3) is 11.3 Å². The SMILES string of the molecule is CC(=O)Nc1ccc(NC(=O)CCc2nc(-c3ccncc3)cs2)cc1. The highest BCUT2D eigenvalue weighted by Crippen LogP contribution is 2.22. The van der Waals surface area contributed by atoms with Crippen LogP contribution in [0.2, 0.25) is 0 Å². The van der Waals surface area contributed by atoms with Gasteiger partial charge in [-0.25, -0.2) is 4.98 Å². The van der Waals surface area contributed by atoms with Crippen molar-refractivity contribution in [3.05, 3.63) is 59.2 Å². The van der Waals surface area contributed by atoms with Crippen LogP contribution in [-0.2, 0) is 16.0 Å². The van der Waals surface area contributed by atoms with E-state index in [1.165, 1.54) is 6.92 Å². The van der Waals surface area contributed by atoms with Crippen molar-refractivity contribution < 1.29 is 9.59 Å². The Kier molecular flexibility index (Phi) is 5.70. The molecule has 0 saturated carbocycles. The monoisotopic (exact) mass is 366 g/mol. The van der Waals surface area contributed by atoms with Gasteiger partial charge in [0.15, 0.2) is 0 Å². The van der Waals surface area contributed by atoms with E-state index in [9.17, 15) is 9.59 Å². The summed E-state index contributed by atoms with van der Waals surface area (Å²) < 4.78 is 0. The van der Waals surface area contributed by atoms with Crippen molar-refractivity contribution in [2.24, 2.45) is 0 Å². The van der Waals surface area contributed by atoms with E-state index < -0.39 is 0 Å². The average Bonchev–Trinajstić information content (AvgIpc) is 3.11. The first-order valence-electron chi connectivity index (χ1n) is 8.12. The molecular weight excluding hydrogens is 348 g/mol. The number of carbonyl (C=O) groups is 2. The zero-order chi connectivity index (χ0) is 18.4. The lowest BCUT2D eigenvalue weighted by Crippen LogP contribution is -2.12. The number of thiazole rings is 1. The Labute approximate surface area is 155 Å². The number of nitrogens with zero attached hydrogens (tertiary/aromatic N) is 2. The van der Waals surface area contributed by atoms with Crippen LogP contribution in [0.5, 0.6) is 0 Å². The predicted octanol–water partition coefficient (Wildman–Crippen LogP) is 3.73. The van der Waals surface area contributed by atoms with E-state index in [4.69, 9.17) is 0 Å². The Hall–Kier alpha value is -3.06. The molecule has 3 aromatic rings. The Bertz CT molecular complexity index is 891. The van der Waals surface area contributed by atoms with Crippen molar-refractivity contribution in [3.63, 3.8) is 0 Å². The van der Waals surface area contributed by atoms with Crippen LogP contribution in [0.15, 0.2) is 54.2 Å². The van der Waals surface area contributed by atoms with Crippen molar-refractivity contribution in [1.29, 1.82) is 0 Å². The topological polar surface area (TPSA) is 84.0 Å². The number of pyridine rings is 1. The first kappa shape index (κ1) is 17.8. The summed E-state index contributed by atoms with van der Waals surface area (Å²) in [5.41, 5.74) is 3.32. The number of amides is 2. The third kappa shape index (κ3) is 4.97. The number of aryl methyl sites for hydroxylation is 1. The van der Waals surface area contributed by atoms with Crippen LogP contribution in [0.1, 0.15) is 18.4 Å². The maximum absolute atomic E-state index is 12.1. The van der Waals surface area contributed by atoms with E-state index in [0.29, 0.717) is 24.2 Å². The quantitative estimate of drug-likeness (QED) is 0.696. The lowest BCUT2D eigenvalue weighted by Gasteiger charge is -2.06. The minimum atomic E-state index is -0.128. The van der Waals surface area contributed by atoms with Gasteiger partial charge in [0.1, 0.15) is 0 Å². The van der Waals surface area contributed by atoms with E-state index in [1.807, 2.05) is 17.5 Å². The van der Waals surface area contributed by atoms with Gasteiger partial charge in [0.25, 0.3) is 0 Å². The van der Waals surface area contributed by atoms with E-state index >= 15 is 0 Å². The molecule has 6 nitrogen and oxygen atoms in total. The number of hydrogen-bond donors (Lipinski definition) is 2. The van der Waals surface area contributed by atoms with E-state index in [0.717, 1.165) is 16.3 Å². The molecule has 0 fully saturated rings. The normalized spacial score (nSPS) is 10.3. The van der Waals surface area contributed by atoms with Crippen LogP contribution < -0.4 is 10.6 Å². The minimum absolute atomic E-state index is 0.0714. The van der Waals surface area contributed by atoms with Gasteiger partial charge < -0.3 is 10.6 Å². The zero-order valence-electron chi connectivity index (χ0n) is 14.2. The molecule has 1 aromatic carbocycles. The highest BCUT2D eigenvalue weighted by Gasteiger charge is 2.08. The fraction of sp³-hybridized carbons (Fsp3) is 0.158. The number of hydrogen-bond acceptors (Lipinski definition) is 5. The van der Waals surface area contributed by atoms with Crippen molar-refractivity contribution >= 4 is 34.5 Å². The number of carbonyl (C=O) groups excluding carboxylic acids is 2. The lowest BCUT2D eigenvalue weighted by molar-refractivity contribution is -0.116. The molecule has 2 N–H and O–H groups in total. The standard InChI is InChI=1S/C19H18N4O2S/c1-13(24)21-15-2-4-16(5-3-15)22-18(25)6-7-19-23-17(12-26-19)14-8-10-20-11-9-14/h2-5,8-12H,6-7H2,1H3,(H,21,24)(H,22,25). The van der Waals surface area contributed by atoms with Crippen molar-refractivity contribution in [3.8, 4) is 11.3 Å². The fourth-order valence-corrected chi connectivity index (χ4v) is 3.17. The minimum Gasteiger partial charge on any atom is -0.326 e. The Morgan fingerprint density at radius 1 is 1.00 bits per heavy atom. The summed E-state index contributed by atoms with van der Waals surface area (Å²) in [5, 5.41) is 8.45. The predicted molar refractivity (Wildman–Crippen MR) is 103 cm³/mol. The molecule has 26 heavy (non-hydrogen) atoms. The summed E-state index contributed by atoms with van der Waals surface area (Å²) in [6.07, 6.45) is 4.42. The Morgan fingerprint density at radius 3 is 2.31 bits per heavy atom. The van der Waals surface area contributed by atoms with Gasteiger partial charge in [0.05, 0.1) is 10.7 Å². The third-order valence-electron chi connectivity index (χ3n) is 3.58. The molecule has 7 heteroatoms. The molecule has 3 rings (SSSR count). The van der Waals surface area contributed by atoms with Crippen LogP contribution >= 0.6 is 11.3 Å². The molecule has 0 aliphatic carbocycles. The third-order valence-corrected chi connectivity index (χ3v) is 4.49. The van der Waals surface area contributed by atoms with Crippen LogP contribution in [0.4, 0.5) is 11.4 Å². The Morgan fingerprint density at radius 2 is 1.65 bits per heavy atom. The average molecular weight is 366 g/mol. The van der Waals surface area contributed by atoms with Gasteiger partial charge in [-0.3, -0.25) is 14.6 Å². The summed E-state index contributed by atoms with van der Waals surface area (Å²) >= 11 is 1.55. The molecule has 0 saturated heterocycles. The van der Waals surface area contributed by atoms with Gasteiger partial charge in [-0.05, 0) is 36.4 Å². The van der Waals surface area contributed by atoms with Crippen molar-refractivity contribution in [2.75, 3.05) is 10.6 Å². The maximum atomic E-state index is 12.1. The smallest absolute Gasteiger partial charge is 0.224 e. The molecule has 2 aromatic heterocycles. The van der Waals surface area contributed by atoms with E-state index in [1.54, 1.807) is 48.0 Å².